The van der Waals surface area contributed by atoms with Crippen molar-refractivity contribution in [3.05, 3.63) is 34.6 Å². The van der Waals surface area contributed by atoms with Gasteiger partial charge in [-0.3, -0.25) is 0 Å². The number of nitrogen functional groups attached to an aromatic ring is 1. The second-order valence-electron chi connectivity index (χ2n) is 3.81. The molecule has 0 spiro atoms. The number of halogens is 2. The van der Waals surface area contributed by atoms with Gasteiger partial charge >= 0.3 is 0 Å². The van der Waals surface area contributed by atoms with Crippen molar-refractivity contribution in [2.45, 2.75) is 0 Å². The Balaban J connectivity index is 2.07. The molecule has 8 heteroatoms. The molecule has 0 amide bonds. The lowest BCUT2D eigenvalue weighted by Gasteiger charge is -2.07. The van der Waals surface area contributed by atoms with E-state index < -0.39 is 0 Å². The zero-order chi connectivity index (χ0) is 13.4. The van der Waals surface area contributed by atoms with Crippen LogP contribution in [0.5, 0.6) is 0 Å². The summed E-state index contributed by atoms with van der Waals surface area (Å²) < 4.78 is 0. The number of nitrogens with zero attached hydrogens (tertiary/aromatic N) is 3. The molecule has 0 saturated heterocycles. The second kappa shape index (κ2) is 4.56. The Kier molecular flexibility index (Phi) is 2.88. The Morgan fingerprint density at radius 1 is 1.11 bits per heavy atom. The van der Waals surface area contributed by atoms with Crippen LogP contribution in [-0.2, 0) is 0 Å². The summed E-state index contributed by atoms with van der Waals surface area (Å²) in [5.41, 5.74) is 7.48. The molecule has 2 heterocycles. The number of benzene rings is 1. The average Bonchev–Trinajstić information content (AvgIpc) is 2.75. The van der Waals surface area contributed by atoms with Gasteiger partial charge in [-0.05, 0) is 18.2 Å². The maximum absolute atomic E-state index is 5.94. The summed E-state index contributed by atoms with van der Waals surface area (Å²) >= 11 is 11.9. The van der Waals surface area contributed by atoms with Gasteiger partial charge in [0.1, 0.15) is 5.52 Å². The highest BCUT2D eigenvalue weighted by atomic mass is 35.5. The van der Waals surface area contributed by atoms with E-state index in [1.54, 1.807) is 18.2 Å². The summed E-state index contributed by atoms with van der Waals surface area (Å²) in [7, 11) is 0. The minimum Gasteiger partial charge on any atom is -0.368 e. The Labute approximate surface area is 118 Å². The van der Waals surface area contributed by atoms with Crippen LogP contribution in [0.3, 0.4) is 0 Å². The Morgan fingerprint density at radius 3 is 2.58 bits per heavy atom. The molecule has 96 valence electrons. The van der Waals surface area contributed by atoms with Crippen molar-refractivity contribution in [2.75, 3.05) is 11.1 Å². The molecule has 1 aromatic carbocycles. The van der Waals surface area contributed by atoms with Crippen LogP contribution in [0.1, 0.15) is 0 Å². The van der Waals surface area contributed by atoms with Gasteiger partial charge in [-0.15, -0.1) is 0 Å². The van der Waals surface area contributed by atoms with Crippen molar-refractivity contribution in [3.63, 3.8) is 0 Å². The molecular formula is C11H8Cl2N6. The third-order valence-corrected chi connectivity index (χ3v) is 2.86. The smallest absolute Gasteiger partial charge is 0.224 e. The van der Waals surface area contributed by atoms with E-state index >= 15 is 0 Å². The largest absolute Gasteiger partial charge is 0.368 e. The number of anilines is 3. The number of H-pyrrole nitrogens is 1. The van der Waals surface area contributed by atoms with Crippen LogP contribution in [0.15, 0.2) is 24.5 Å². The third-order valence-electron chi connectivity index (χ3n) is 2.43. The lowest BCUT2D eigenvalue weighted by molar-refractivity contribution is 1.21. The predicted octanol–water partition coefficient (Wildman–Crippen LogP) is 2.99. The van der Waals surface area contributed by atoms with Crippen molar-refractivity contribution in [1.29, 1.82) is 0 Å². The fourth-order valence-corrected chi connectivity index (χ4v) is 2.23. The number of hydrogen-bond acceptors (Lipinski definition) is 5. The minimum absolute atomic E-state index is 0.134. The molecule has 0 radical (unpaired) electrons. The van der Waals surface area contributed by atoms with E-state index in [-0.39, 0.29) is 5.95 Å². The van der Waals surface area contributed by atoms with E-state index in [4.69, 9.17) is 28.9 Å². The van der Waals surface area contributed by atoms with Gasteiger partial charge < -0.3 is 16.0 Å². The van der Waals surface area contributed by atoms with Crippen LogP contribution < -0.4 is 11.1 Å². The number of aromatic nitrogens is 4. The number of rotatable bonds is 2. The lowest BCUT2D eigenvalue weighted by Crippen LogP contribution is -2.01. The van der Waals surface area contributed by atoms with Gasteiger partial charge in [-0.2, -0.15) is 9.97 Å². The van der Waals surface area contributed by atoms with Crippen molar-refractivity contribution in [1.82, 2.24) is 19.9 Å². The van der Waals surface area contributed by atoms with Crippen LogP contribution >= 0.6 is 23.2 Å². The molecule has 3 rings (SSSR count). The second-order valence-corrected chi connectivity index (χ2v) is 4.69. The molecule has 3 aromatic rings. The van der Waals surface area contributed by atoms with E-state index in [2.05, 4.69) is 25.3 Å². The summed E-state index contributed by atoms with van der Waals surface area (Å²) in [4.78, 5) is 15.1. The van der Waals surface area contributed by atoms with Gasteiger partial charge in [0, 0.05) is 15.7 Å². The molecular weight excluding hydrogens is 287 g/mol. The average molecular weight is 295 g/mol. The maximum Gasteiger partial charge on any atom is 0.224 e. The molecule has 0 fully saturated rings. The van der Waals surface area contributed by atoms with Crippen LogP contribution in [0, 0.1) is 0 Å². The fraction of sp³-hybridized carbons (Fsp3) is 0. The summed E-state index contributed by atoms with van der Waals surface area (Å²) in [5.74, 6) is 0.647. The topological polar surface area (TPSA) is 92.5 Å². The van der Waals surface area contributed by atoms with Gasteiger partial charge in [0.2, 0.25) is 5.95 Å². The van der Waals surface area contributed by atoms with Gasteiger partial charge in [-0.1, -0.05) is 23.2 Å². The standard InChI is InChI=1S/C11H8Cl2N6/c12-5-1-6(13)3-7(2-5)17-10-8-9(16-4-15-8)18-11(14)19-10/h1-4H,(H4,14,15,16,17,18,19). The number of hydrogen-bond donors (Lipinski definition) is 3. The van der Waals surface area contributed by atoms with Gasteiger partial charge in [0.25, 0.3) is 0 Å². The lowest BCUT2D eigenvalue weighted by atomic mass is 10.3. The zero-order valence-electron chi connectivity index (χ0n) is 9.48. The van der Waals surface area contributed by atoms with Gasteiger partial charge in [0.15, 0.2) is 11.5 Å². The summed E-state index contributed by atoms with van der Waals surface area (Å²) in [5, 5.41) is 4.14. The van der Waals surface area contributed by atoms with E-state index in [1.807, 2.05) is 0 Å². The predicted molar refractivity (Wildman–Crippen MR) is 75.8 cm³/mol. The summed E-state index contributed by atoms with van der Waals surface area (Å²) in [6.07, 6.45) is 1.52. The molecule has 0 unspecified atom stereocenters. The Morgan fingerprint density at radius 2 is 1.84 bits per heavy atom. The molecule has 4 N–H and O–H groups in total. The van der Waals surface area contributed by atoms with Gasteiger partial charge in [-0.25, -0.2) is 4.98 Å². The van der Waals surface area contributed by atoms with Crippen molar-refractivity contribution in [3.8, 4) is 0 Å². The zero-order valence-corrected chi connectivity index (χ0v) is 11.0. The normalized spacial score (nSPS) is 10.8. The molecule has 0 aliphatic carbocycles. The van der Waals surface area contributed by atoms with E-state index in [0.717, 1.165) is 0 Å². The van der Waals surface area contributed by atoms with Crippen LogP contribution in [0.4, 0.5) is 17.5 Å². The van der Waals surface area contributed by atoms with E-state index in [9.17, 15) is 0 Å². The van der Waals surface area contributed by atoms with Crippen molar-refractivity contribution >= 4 is 51.8 Å². The molecule has 6 nitrogen and oxygen atoms in total. The first-order valence-electron chi connectivity index (χ1n) is 5.31. The number of nitrogens with two attached hydrogens (primary N) is 1. The number of nitrogens with one attached hydrogen (secondary N) is 2. The van der Waals surface area contributed by atoms with E-state index in [0.29, 0.717) is 32.7 Å². The molecule has 0 atom stereocenters. The van der Waals surface area contributed by atoms with Crippen LogP contribution in [0.2, 0.25) is 10.0 Å². The molecule has 0 aliphatic rings. The first-order valence-corrected chi connectivity index (χ1v) is 6.07. The SMILES string of the molecule is Nc1nc(Nc2cc(Cl)cc(Cl)c2)c2[nH]cnc2n1. The van der Waals surface area contributed by atoms with Crippen molar-refractivity contribution < 1.29 is 0 Å². The van der Waals surface area contributed by atoms with Crippen LogP contribution in [0.25, 0.3) is 11.2 Å². The highest BCUT2D eigenvalue weighted by molar-refractivity contribution is 6.35. The van der Waals surface area contributed by atoms with Crippen LogP contribution in [-0.4, -0.2) is 19.9 Å². The van der Waals surface area contributed by atoms with Gasteiger partial charge in [0.05, 0.1) is 6.33 Å². The highest BCUT2D eigenvalue weighted by Gasteiger charge is 2.09. The first-order chi connectivity index (χ1) is 9.11. The molecule has 0 aliphatic heterocycles. The Bertz CT molecular complexity index is 734. The van der Waals surface area contributed by atoms with Crippen molar-refractivity contribution in [2.24, 2.45) is 0 Å². The minimum atomic E-state index is 0.134. The molecule has 19 heavy (non-hydrogen) atoms. The monoisotopic (exact) mass is 294 g/mol. The molecule has 0 bridgehead atoms. The third kappa shape index (κ3) is 2.40. The number of imidazole rings is 1. The summed E-state index contributed by atoms with van der Waals surface area (Å²) in [6.45, 7) is 0. The highest BCUT2D eigenvalue weighted by Crippen LogP contribution is 2.27. The summed E-state index contributed by atoms with van der Waals surface area (Å²) in [6, 6.07) is 5.11. The molecule has 2 aromatic heterocycles. The fourth-order valence-electron chi connectivity index (χ4n) is 1.70. The van der Waals surface area contributed by atoms with E-state index in [1.165, 1.54) is 6.33 Å². The number of aromatic amines is 1. The first kappa shape index (κ1) is 12.0. The quantitative estimate of drug-likeness (QED) is 0.676. The Hall–Kier alpha value is -2.05. The number of fused-ring (bicyclic) bond motifs is 1. The maximum atomic E-state index is 5.94. The molecule has 0 saturated carbocycles.